The lowest BCUT2D eigenvalue weighted by Crippen LogP contribution is -2.02. The molecule has 0 spiro atoms. The van der Waals surface area contributed by atoms with Gasteiger partial charge in [-0.3, -0.25) is 0 Å². The van der Waals surface area contributed by atoms with Gasteiger partial charge in [-0.2, -0.15) is 0 Å². The molecule has 0 atom stereocenters. The fourth-order valence-corrected chi connectivity index (χ4v) is 6.02. The minimum atomic E-state index is -0.437. The Bertz CT molecular complexity index is 2160. The quantitative estimate of drug-likeness (QED) is 0.207. The molecule has 4 heteroatoms. The molecular formula is C40H26FN3. The first-order valence-corrected chi connectivity index (χ1v) is 14.6. The van der Waals surface area contributed by atoms with Crippen LogP contribution in [-0.2, 0) is 0 Å². The zero-order valence-electron chi connectivity index (χ0n) is 23.7. The third-order valence-corrected chi connectivity index (χ3v) is 8.07. The van der Waals surface area contributed by atoms with Gasteiger partial charge >= 0.3 is 0 Å². The Labute approximate surface area is 254 Å². The second-order valence-electron chi connectivity index (χ2n) is 10.8. The summed E-state index contributed by atoms with van der Waals surface area (Å²) in [5.74, 6) is 0.0249. The van der Waals surface area contributed by atoms with Crippen LogP contribution in [0.1, 0.15) is 0 Å². The number of rotatable bonds is 5. The van der Waals surface area contributed by atoms with E-state index in [1.165, 1.54) is 10.8 Å². The Morgan fingerprint density at radius 3 is 1.36 bits per heavy atom. The number of halogens is 1. The lowest BCUT2D eigenvalue weighted by Gasteiger charge is -2.15. The molecule has 0 aliphatic rings. The predicted octanol–water partition coefficient (Wildman–Crippen LogP) is 10.4. The highest BCUT2D eigenvalue weighted by Gasteiger charge is 2.20. The number of fused-ring (bicyclic) bond motifs is 3. The zero-order chi connectivity index (χ0) is 29.5. The van der Waals surface area contributed by atoms with Gasteiger partial charge in [-0.1, -0.05) is 127 Å². The van der Waals surface area contributed by atoms with E-state index in [-0.39, 0.29) is 11.4 Å². The van der Waals surface area contributed by atoms with E-state index in [2.05, 4.69) is 83.4 Å². The smallest absolute Gasteiger partial charge is 0.175 e. The van der Waals surface area contributed by atoms with Gasteiger partial charge in [0.25, 0.3) is 0 Å². The molecule has 0 bridgehead atoms. The van der Waals surface area contributed by atoms with Crippen molar-refractivity contribution in [2.45, 2.75) is 0 Å². The first-order valence-electron chi connectivity index (χ1n) is 14.6. The third-order valence-electron chi connectivity index (χ3n) is 8.07. The lowest BCUT2D eigenvalue weighted by molar-refractivity contribution is 0.623. The monoisotopic (exact) mass is 567 g/mol. The molecule has 44 heavy (non-hydrogen) atoms. The molecule has 0 amide bonds. The van der Waals surface area contributed by atoms with E-state index >= 15 is 4.39 Å². The van der Waals surface area contributed by atoms with E-state index in [0.717, 1.165) is 33.4 Å². The van der Waals surface area contributed by atoms with Crippen LogP contribution in [-0.4, -0.2) is 14.5 Å². The van der Waals surface area contributed by atoms with Gasteiger partial charge in [0.2, 0.25) is 0 Å². The molecule has 0 aliphatic carbocycles. The Morgan fingerprint density at radius 1 is 0.409 bits per heavy atom. The van der Waals surface area contributed by atoms with E-state index in [4.69, 9.17) is 9.97 Å². The van der Waals surface area contributed by atoms with Crippen LogP contribution < -0.4 is 0 Å². The van der Waals surface area contributed by atoms with Crippen LogP contribution in [0, 0.1) is 5.82 Å². The summed E-state index contributed by atoms with van der Waals surface area (Å²) in [7, 11) is 0. The van der Waals surface area contributed by atoms with Crippen molar-refractivity contribution in [1.29, 1.82) is 0 Å². The highest BCUT2D eigenvalue weighted by molar-refractivity contribution is 6.09. The Kier molecular flexibility index (Phi) is 6.31. The summed E-state index contributed by atoms with van der Waals surface area (Å²) in [6, 6.07) is 52.6. The van der Waals surface area contributed by atoms with Crippen LogP contribution in [0.25, 0.3) is 72.5 Å². The van der Waals surface area contributed by atoms with Crippen molar-refractivity contribution in [1.82, 2.24) is 14.5 Å². The van der Waals surface area contributed by atoms with Gasteiger partial charge in [-0.25, -0.2) is 14.4 Å². The van der Waals surface area contributed by atoms with Crippen LogP contribution in [0.15, 0.2) is 158 Å². The maximum atomic E-state index is 16.2. The molecule has 2 heterocycles. The molecule has 2 aromatic heterocycles. The summed E-state index contributed by atoms with van der Waals surface area (Å²) < 4.78 is 18.5. The number of hydrogen-bond donors (Lipinski definition) is 0. The van der Waals surface area contributed by atoms with Crippen molar-refractivity contribution < 1.29 is 4.39 Å². The van der Waals surface area contributed by atoms with Gasteiger partial charge in [0.1, 0.15) is 11.4 Å². The second kappa shape index (κ2) is 10.8. The molecule has 6 aromatic carbocycles. The Hall–Kier alpha value is -5.87. The molecular weight excluding hydrogens is 541 g/mol. The largest absolute Gasteiger partial charge is 0.309 e. The summed E-state index contributed by atoms with van der Waals surface area (Å²) in [4.78, 5) is 9.77. The first-order chi connectivity index (χ1) is 21.7. The second-order valence-corrected chi connectivity index (χ2v) is 10.8. The molecule has 0 fully saturated rings. The summed E-state index contributed by atoms with van der Waals surface area (Å²) in [6.45, 7) is 0. The molecule has 0 aliphatic heterocycles. The first kappa shape index (κ1) is 25.8. The molecule has 0 unspecified atom stereocenters. The minimum Gasteiger partial charge on any atom is -0.309 e. The summed E-state index contributed by atoms with van der Waals surface area (Å²) in [6.07, 6.45) is 0. The van der Waals surface area contributed by atoms with Gasteiger partial charge in [-0.15, -0.1) is 0 Å². The van der Waals surface area contributed by atoms with Crippen molar-refractivity contribution in [3.05, 3.63) is 164 Å². The lowest BCUT2D eigenvalue weighted by atomic mass is 10.0. The van der Waals surface area contributed by atoms with E-state index < -0.39 is 5.82 Å². The number of benzene rings is 6. The van der Waals surface area contributed by atoms with E-state index in [1.54, 1.807) is 0 Å². The summed E-state index contributed by atoms with van der Waals surface area (Å²) in [5, 5.41) is 2.37. The third kappa shape index (κ3) is 4.45. The van der Waals surface area contributed by atoms with Crippen LogP contribution in [0.5, 0.6) is 0 Å². The van der Waals surface area contributed by atoms with Crippen molar-refractivity contribution in [2.24, 2.45) is 0 Å². The van der Waals surface area contributed by atoms with Crippen LogP contribution in [0.4, 0.5) is 4.39 Å². The van der Waals surface area contributed by atoms with Crippen molar-refractivity contribution in [2.75, 3.05) is 0 Å². The molecule has 0 saturated carbocycles. The SMILES string of the molecule is Fc1c(-c2ccccc2)nc(-c2cc(-c3ccccc3)cc(-n3c4ccccc4c4ccccc43)c2)nc1-c1ccccc1. The molecule has 8 aromatic rings. The zero-order valence-corrected chi connectivity index (χ0v) is 23.7. The molecule has 8 rings (SSSR count). The van der Waals surface area contributed by atoms with Crippen LogP contribution >= 0.6 is 0 Å². The summed E-state index contributed by atoms with van der Waals surface area (Å²) in [5.41, 5.74) is 8.06. The van der Waals surface area contributed by atoms with Gasteiger partial charge in [-0.05, 0) is 41.5 Å². The van der Waals surface area contributed by atoms with Gasteiger partial charge in [0, 0.05) is 33.2 Å². The Balaban J connectivity index is 1.43. The highest BCUT2D eigenvalue weighted by atomic mass is 19.1. The van der Waals surface area contributed by atoms with Crippen LogP contribution in [0.2, 0.25) is 0 Å². The van der Waals surface area contributed by atoms with Gasteiger partial charge in [0.05, 0.1) is 11.0 Å². The van der Waals surface area contributed by atoms with E-state index in [9.17, 15) is 0 Å². The normalized spacial score (nSPS) is 11.3. The fourth-order valence-electron chi connectivity index (χ4n) is 6.02. The maximum Gasteiger partial charge on any atom is 0.175 e. The topological polar surface area (TPSA) is 30.7 Å². The molecule has 0 saturated heterocycles. The van der Waals surface area contributed by atoms with Crippen LogP contribution in [0.3, 0.4) is 0 Å². The van der Waals surface area contributed by atoms with E-state index in [1.807, 2.05) is 78.9 Å². The number of aromatic nitrogens is 3. The molecule has 0 N–H and O–H groups in total. The van der Waals surface area contributed by atoms with Gasteiger partial charge in [0.15, 0.2) is 11.6 Å². The number of nitrogens with zero attached hydrogens (tertiary/aromatic N) is 3. The highest BCUT2D eigenvalue weighted by Crippen LogP contribution is 2.37. The maximum absolute atomic E-state index is 16.2. The average molecular weight is 568 g/mol. The average Bonchev–Trinajstić information content (AvgIpc) is 3.44. The molecule has 0 radical (unpaired) electrons. The fraction of sp³-hybridized carbons (Fsp3) is 0. The molecule has 208 valence electrons. The number of para-hydroxylation sites is 2. The standard InChI is InChI=1S/C40H26FN3/c41-37-38(28-16-6-2-7-17-28)42-40(43-39(37)29-18-8-3-9-19-29)31-24-30(27-14-4-1-5-15-27)25-32(26-31)44-35-22-12-10-20-33(35)34-21-11-13-23-36(34)44/h1-26H. The summed E-state index contributed by atoms with van der Waals surface area (Å²) >= 11 is 0. The minimum absolute atomic E-state index is 0.276. The van der Waals surface area contributed by atoms with Crippen molar-refractivity contribution in [3.8, 4) is 50.7 Å². The predicted molar refractivity (Wildman–Crippen MR) is 178 cm³/mol. The van der Waals surface area contributed by atoms with Gasteiger partial charge < -0.3 is 4.57 Å². The van der Waals surface area contributed by atoms with Crippen molar-refractivity contribution >= 4 is 21.8 Å². The van der Waals surface area contributed by atoms with E-state index in [0.29, 0.717) is 17.0 Å². The van der Waals surface area contributed by atoms with Crippen molar-refractivity contribution in [3.63, 3.8) is 0 Å². The molecule has 3 nitrogen and oxygen atoms in total. The Morgan fingerprint density at radius 2 is 0.841 bits per heavy atom. The number of hydrogen-bond acceptors (Lipinski definition) is 2.